The van der Waals surface area contributed by atoms with Crippen LogP contribution in [0.4, 0.5) is 5.95 Å². The summed E-state index contributed by atoms with van der Waals surface area (Å²) in [4.78, 5) is 33.9. The molecule has 0 aliphatic heterocycles. The molecule has 1 fully saturated rings. The van der Waals surface area contributed by atoms with Crippen molar-refractivity contribution in [2.75, 3.05) is 11.7 Å². The average molecular weight is 443 g/mol. The van der Waals surface area contributed by atoms with Gasteiger partial charge in [0, 0.05) is 19.3 Å². The monoisotopic (exact) mass is 442 g/mol. The van der Waals surface area contributed by atoms with E-state index in [4.69, 9.17) is 0 Å². The molecule has 0 atom stereocenters. The quantitative estimate of drug-likeness (QED) is 0.360. The van der Waals surface area contributed by atoms with E-state index >= 15 is 0 Å². The highest BCUT2D eigenvalue weighted by atomic mass is 32.2. The van der Waals surface area contributed by atoms with Crippen LogP contribution in [0.25, 0.3) is 11.2 Å². The minimum atomic E-state index is -3.26. The van der Waals surface area contributed by atoms with Crippen LogP contribution in [0.5, 0.6) is 0 Å². The van der Waals surface area contributed by atoms with E-state index in [0.717, 1.165) is 31.9 Å². The van der Waals surface area contributed by atoms with E-state index in [-0.39, 0.29) is 16.9 Å². The topological polar surface area (TPSA) is 128 Å². The highest BCUT2D eigenvalue weighted by molar-refractivity contribution is 7.90. The number of benzene rings is 1. The second-order valence-electron chi connectivity index (χ2n) is 7.59. The zero-order valence-electron chi connectivity index (χ0n) is 17.1. The van der Waals surface area contributed by atoms with Gasteiger partial charge in [-0.1, -0.05) is 25.0 Å². The number of nitrogens with zero attached hydrogens (tertiary/aromatic N) is 5. The lowest BCUT2D eigenvalue weighted by Crippen LogP contribution is -2.42. The number of anilines is 1. The van der Waals surface area contributed by atoms with Crippen molar-refractivity contribution in [2.45, 2.75) is 36.6 Å². The SMILES string of the molecule is Cn1c(=O)c(=O)n(C2CCCC2)c2nc(N/N=C/c3ccc(S(C)(=O)=O)cc3)ncc21. The van der Waals surface area contributed by atoms with Gasteiger partial charge in [0.05, 0.1) is 17.3 Å². The first-order valence-electron chi connectivity index (χ1n) is 9.83. The van der Waals surface area contributed by atoms with Crippen LogP contribution in [0.2, 0.25) is 0 Å². The third-order valence-corrected chi connectivity index (χ3v) is 6.55. The first-order valence-corrected chi connectivity index (χ1v) is 11.7. The molecule has 3 aromatic rings. The van der Waals surface area contributed by atoms with Crippen LogP contribution in [0.3, 0.4) is 0 Å². The van der Waals surface area contributed by atoms with Gasteiger partial charge < -0.3 is 4.57 Å². The van der Waals surface area contributed by atoms with Gasteiger partial charge in [0.2, 0.25) is 5.95 Å². The largest absolute Gasteiger partial charge is 0.318 e. The molecule has 1 aliphatic rings. The van der Waals surface area contributed by atoms with E-state index in [0.29, 0.717) is 16.7 Å². The summed E-state index contributed by atoms with van der Waals surface area (Å²) in [5.41, 5.74) is 3.10. The fourth-order valence-corrected chi connectivity index (χ4v) is 4.38. The summed E-state index contributed by atoms with van der Waals surface area (Å²) in [5, 5.41) is 4.09. The Balaban J connectivity index is 1.65. The number of nitrogens with one attached hydrogen (secondary N) is 1. The molecule has 1 aliphatic carbocycles. The van der Waals surface area contributed by atoms with Crippen molar-refractivity contribution >= 4 is 33.2 Å². The van der Waals surface area contributed by atoms with E-state index in [1.807, 2.05) is 0 Å². The number of sulfone groups is 1. The molecular weight excluding hydrogens is 420 g/mol. The normalized spacial score (nSPS) is 15.2. The van der Waals surface area contributed by atoms with Crippen LogP contribution in [0.15, 0.2) is 50.0 Å². The molecule has 162 valence electrons. The molecule has 0 spiro atoms. The number of aryl methyl sites for hydroxylation is 1. The summed E-state index contributed by atoms with van der Waals surface area (Å²) in [5.74, 6) is 0.182. The van der Waals surface area contributed by atoms with Crippen molar-refractivity contribution in [3.05, 3.63) is 56.7 Å². The Bertz CT molecular complexity index is 1380. The standard InChI is InChI=1S/C20H22N6O4S/c1-25-16-12-21-20(24-22-11-13-7-9-15(10-8-13)31(2,29)30)23-17(16)26(19(28)18(25)27)14-5-3-4-6-14/h7-12,14H,3-6H2,1-2H3,(H,21,23,24)/b22-11+. The third kappa shape index (κ3) is 4.13. The van der Waals surface area contributed by atoms with Gasteiger partial charge in [-0.3, -0.25) is 14.2 Å². The van der Waals surface area contributed by atoms with Crippen LogP contribution in [-0.2, 0) is 16.9 Å². The maximum atomic E-state index is 12.7. The Morgan fingerprint density at radius 3 is 2.45 bits per heavy atom. The Hall–Kier alpha value is -3.34. The molecule has 0 unspecified atom stereocenters. The van der Waals surface area contributed by atoms with Gasteiger partial charge in [0.15, 0.2) is 15.5 Å². The van der Waals surface area contributed by atoms with Crippen molar-refractivity contribution in [1.29, 1.82) is 0 Å². The Morgan fingerprint density at radius 2 is 1.81 bits per heavy atom. The highest BCUT2D eigenvalue weighted by Gasteiger charge is 2.23. The van der Waals surface area contributed by atoms with Gasteiger partial charge in [-0.25, -0.2) is 18.8 Å². The number of rotatable bonds is 5. The molecule has 2 heterocycles. The number of hydrogen-bond acceptors (Lipinski definition) is 8. The van der Waals surface area contributed by atoms with Crippen LogP contribution >= 0.6 is 0 Å². The molecule has 0 amide bonds. The molecule has 1 aromatic carbocycles. The maximum Gasteiger partial charge on any atom is 0.318 e. The van der Waals surface area contributed by atoms with Crippen molar-refractivity contribution in [1.82, 2.24) is 19.1 Å². The van der Waals surface area contributed by atoms with Crippen LogP contribution in [-0.4, -0.2) is 40.0 Å². The molecular formula is C20H22N6O4S. The first-order chi connectivity index (χ1) is 14.8. The second kappa shape index (κ2) is 8.06. The van der Waals surface area contributed by atoms with E-state index in [1.165, 1.54) is 40.7 Å². The Labute approximate surface area is 178 Å². The molecule has 10 nitrogen and oxygen atoms in total. The van der Waals surface area contributed by atoms with Gasteiger partial charge in [-0.2, -0.15) is 10.1 Å². The van der Waals surface area contributed by atoms with Gasteiger partial charge >= 0.3 is 11.1 Å². The van der Waals surface area contributed by atoms with Crippen molar-refractivity contribution in [3.63, 3.8) is 0 Å². The van der Waals surface area contributed by atoms with Gasteiger partial charge in [-0.05, 0) is 30.5 Å². The summed E-state index contributed by atoms with van der Waals surface area (Å²) >= 11 is 0. The number of aromatic nitrogens is 4. The molecule has 11 heteroatoms. The first kappa shape index (κ1) is 20.9. The van der Waals surface area contributed by atoms with Crippen molar-refractivity contribution in [2.24, 2.45) is 12.1 Å². The average Bonchev–Trinajstić information content (AvgIpc) is 3.26. The molecule has 1 N–H and O–H groups in total. The fourth-order valence-electron chi connectivity index (χ4n) is 3.75. The van der Waals surface area contributed by atoms with Crippen LogP contribution in [0, 0.1) is 0 Å². The summed E-state index contributed by atoms with van der Waals surface area (Å²) in [7, 11) is -1.73. The second-order valence-corrected chi connectivity index (χ2v) is 9.61. The lowest BCUT2D eigenvalue weighted by atomic mass is 10.2. The minimum absolute atomic E-state index is 0.0523. The molecule has 4 rings (SSSR count). The van der Waals surface area contributed by atoms with E-state index in [2.05, 4.69) is 20.5 Å². The highest BCUT2D eigenvalue weighted by Crippen LogP contribution is 2.29. The zero-order chi connectivity index (χ0) is 22.2. The van der Waals surface area contributed by atoms with Gasteiger partial charge in [-0.15, -0.1) is 0 Å². The Kier molecular flexibility index (Phi) is 5.44. The zero-order valence-corrected chi connectivity index (χ0v) is 18.0. The summed E-state index contributed by atoms with van der Waals surface area (Å²) in [6.07, 6.45) is 7.82. The molecule has 0 bridgehead atoms. The Morgan fingerprint density at radius 1 is 1.13 bits per heavy atom. The third-order valence-electron chi connectivity index (χ3n) is 5.42. The minimum Gasteiger partial charge on any atom is -0.303 e. The molecule has 31 heavy (non-hydrogen) atoms. The molecule has 0 saturated heterocycles. The predicted molar refractivity (Wildman–Crippen MR) is 117 cm³/mol. The number of hydrazone groups is 1. The number of hydrogen-bond donors (Lipinski definition) is 1. The molecule has 2 aromatic heterocycles. The smallest absolute Gasteiger partial charge is 0.303 e. The fraction of sp³-hybridized carbons (Fsp3) is 0.350. The van der Waals surface area contributed by atoms with E-state index < -0.39 is 21.0 Å². The lowest BCUT2D eigenvalue weighted by molar-refractivity contribution is 0.507. The van der Waals surface area contributed by atoms with Crippen LogP contribution in [0.1, 0.15) is 37.3 Å². The summed E-state index contributed by atoms with van der Waals surface area (Å²) in [6, 6.07) is 6.23. The molecule has 0 radical (unpaired) electrons. The van der Waals surface area contributed by atoms with E-state index in [1.54, 1.807) is 12.1 Å². The van der Waals surface area contributed by atoms with Gasteiger partial charge in [0.25, 0.3) is 0 Å². The predicted octanol–water partition coefficient (Wildman–Crippen LogP) is 1.45. The maximum absolute atomic E-state index is 12.7. The van der Waals surface area contributed by atoms with Crippen molar-refractivity contribution < 1.29 is 8.42 Å². The van der Waals surface area contributed by atoms with Gasteiger partial charge in [0.1, 0.15) is 5.52 Å². The molecule has 1 saturated carbocycles. The lowest BCUT2D eigenvalue weighted by Gasteiger charge is -2.17. The number of fused-ring (bicyclic) bond motifs is 1. The summed E-state index contributed by atoms with van der Waals surface area (Å²) in [6.45, 7) is 0. The van der Waals surface area contributed by atoms with Crippen molar-refractivity contribution in [3.8, 4) is 0 Å². The van der Waals surface area contributed by atoms with E-state index in [9.17, 15) is 18.0 Å². The van der Waals surface area contributed by atoms with Crippen LogP contribution < -0.4 is 16.5 Å². The summed E-state index contributed by atoms with van der Waals surface area (Å²) < 4.78 is 25.8.